The monoisotopic (exact) mass is 463 g/mol. The maximum atomic E-state index is 12.9. The third-order valence-corrected chi connectivity index (χ3v) is 7.87. The molecule has 7 nitrogen and oxygen atoms in total. The van der Waals surface area contributed by atoms with Crippen LogP contribution < -0.4 is 10.6 Å². The van der Waals surface area contributed by atoms with Gasteiger partial charge in [-0.1, -0.05) is 24.3 Å². The summed E-state index contributed by atoms with van der Waals surface area (Å²) >= 11 is 1.41. The van der Waals surface area contributed by atoms with Crippen LogP contribution in [0.2, 0.25) is 0 Å². The van der Waals surface area contributed by atoms with Crippen molar-refractivity contribution in [2.24, 2.45) is 0 Å². The number of nitrogens with one attached hydrogen (secondary N) is 2. The SMILES string of the molecule is Cc1c(C(=O)NCCCN2CCCC2=O)sc2ncnc(NC3CCCc4ccccc43)c12. The van der Waals surface area contributed by atoms with Crippen molar-refractivity contribution in [3.63, 3.8) is 0 Å². The van der Waals surface area contributed by atoms with Crippen LogP contribution in [0.15, 0.2) is 30.6 Å². The highest BCUT2D eigenvalue weighted by Crippen LogP contribution is 2.37. The Balaban J connectivity index is 1.30. The Kier molecular flexibility index (Phi) is 6.26. The quantitative estimate of drug-likeness (QED) is 0.512. The van der Waals surface area contributed by atoms with E-state index in [9.17, 15) is 9.59 Å². The molecule has 2 aromatic heterocycles. The summed E-state index contributed by atoms with van der Waals surface area (Å²) in [6.45, 7) is 4.06. The van der Waals surface area contributed by atoms with Crippen LogP contribution >= 0.6 is 11.3 Å². The summed E-state index contributed by atoms with van der Waals surface area (Å²) < 4.78 is 0. The summed E-state index contributed by atoms with van der Waals surface area (Å²) in [5, 5.41) is 7.59. The average molecular weight is 464 g/mol. The predicted octanol–water partition coefficient (Wildman–Crippen LogP) is 4.23. The van der Waals surface area contributed by atoms with Crippen molar-refractivity contribution in [1.82, 2.24) is 20.2 Å². The summed E-state index contributed by atoms with van der Waals surface area (Å²) in [5.74, 6) is 0.931. The summed E-state index contributed by atoms with van der Waals surface area (Å²) in [6.07, 6.45) is 7.23. The normalized spacial score (nSPS) is 17.9. The second-order valence-corrected chi connectivity index (χ2v) is 9.84. The van der Waals surface area contributed by atoms with E-state index in [0.717, 1.165) is 60.2 Å². The number of fused-ring (bicyclic) bond motifs is 2. The van der Waals surface area contributed by atoms with Gasteiger partial charge < -0.3 is 15.5 Å². The molecule has 1 unspecified atom stereocenters. The van der Waals surface area contributed by atoms with Crippen LogP contribution in [-0.4, -0.2) is 46.3 Å². The number of amides is 2. The van der Waals surface area contributed by atoms with Gasteiger partial charge >= 0.3 is 0 Å². The molecule has 1 atom stereocenters. The highest BCUT2D eigenvalue weighted by molar-refractivity contribution is 7.20. The zero-order chi connectivity index (χ0) is 22.8. The van der Waals surface area contributed by atoms with Gasteiger partial charge in [0, 0.05) is 26.1 Å². The van der Waals surface area contributed by atoms with E-state index in [0.29, 0.717) is 24.4 Å². The molecule has 5 rings (SSSR count). The molecule has 172 valence electrons. The summed E-state index contributed by atoms with van der Waals surface area (Å²) in [4.78, 5) is 37.0. The Morgan fingerprint density at radius 2 is 2.09 bits per heavy atom. The molecule has 1 aliphatic carbocycles. The van der Waals surface area contributed by atoms with Crippen LogP contribution in [0.25, 0.3) is 10.2 Å². The number of aryl methyl sites for hydroxylation is 2. The number of hydrogen-bond donors (Lipinski definition) is 2. The van der Waals surface area contributed by atoms with Crippen molar-refractivity contribution in [2.45, 2.75) is 51.5 Å². The first-order valence-corrected chi connectivity index (χ1v) is 12.6. The number of hydrogen-bond acceptors (Lipinski definition) is 6. The Bertz CT molecular complexity index is 1190. The minimum absolute atomic E-state index is 0.0859. The van der Waals surface area contributed by atoms with E-state index in [4.69, 9.17) is 0 Å². The molecule has 2 N–H and O–H groups in total. The number of anilines is 1. The van der Waals surface area contributed by atoms with Crippen LogP contribution in [0, 0.1) is 6.92 Å². The van der Waals surface area contributed by atoms with Crippen LogP contribution in [0.1, 0.15) is 64.5 Å². The Morgan fingerprint density at radius 3 is 2.94 bits per heavy atom. The first kappa shape index (κ1) is 21.8. The number of nitrogens with zero attached hydrogens (tertiary/aromatic N) is 3. The van der Waals surface area contributed by atoms with Gasteiger partial charge in [-0.05, 0) is 55.7 Å². The third kappa shape index (κ3) is 4.44. The van der Waals surface area contributed by atoms with Crippen molar-refractivity contribution in [1.29, 1.82) is 0 Å². The van der Waals surface area contributed by atoms with Crippen LogP contribution in [-0.2, 0) is 11.2 Å². The standard InChI is InChI=1S/C25H29N5O2S/c1-16-21-23(29-19-10-4-8-17-7-2-3-9-18(17)19)27-15-28-25(21)33-22(16)24(32)26-12-6-14-30-13-5-11-20(30)31/h2-3,7,9,15,19H,4-6,8,10-14H2,1H3,(H,26,32)(H,27,28,29). The van der Waals surface area contributed by atoms with Gasteiger partial charge in [0.1, 0.15) is 17.0 Å². The van der Waals surface area contributed by atoms with Crippen molar-refractivity contribution in [3.8, 4) is 0 Å². The van der Waals surface area contributed by atoms with Gasteiger partial charge in [-0.2, -0.15) is 0 Å². The molecule has 0 spiro atoms. The predicted molar refractivity (Wildman–Crippen MR) is 131 cm³/mol. The Labute approximate surface area is 197 Å². The summed E-state index contributed by atoms with van der Waals surface area (Å²) in [6, 6.07) is 8.79. The van der Waals surface area contributed by atoms with Crippen LogP contribution in [0.3, 0.4) is 0 Å². The first-order valence-electron chi connectivity index (χ1n) is 11.8. The minimum atomic E-state index is -0.0859. The Morgan fingerprint density at radius 1 is 1.21 bits per heavy atom. The summed E-state index contributed by atoms with van der Waals surface area (Å²) in [5.41, 5.74) is 3.64. The van der Waals surface area contributed by atoms with Gasteiger partial charge in [-0.3, -0.25) is 9.59 Å². The van der Waals surface area contributed by atoms with Crippen molar-refractivity contribution < 1.29 is 9.59 Å². The second kappa shape index (κ2) is 9.47. The van der Waals surface area contributed by atoms with E-state index in [2.05, 4.69) is 44.9 Å². The number of carbonyl (C=O) groups is 2. The average Bonchev–Trinajstić information content (AvgIpc) is 3.40. The molecular weight excluding hydrogens is 434 g/mol. The molecule has 1 aromatic carbocycles. The third-order valence-electron chi connectivity index (χ3n) is 6.68. The number of likely N-dealkylation sites (tertiary alicyclic amines) is 1. The second-order valence-electron chi connectivity index (χ2n) is 8.84. The fourth-order valence-corrected chi connectivity index (χ4v) is 6.02. The molecule has 0 saturated carbocycles. The molecule has 33 heavy (non-hydrogen) atoms. The first-order chi connectivity index (χ1) is 16.1. The van der Waals surface area contributed by atoms with Gasteiger partial charge in [-0.15, -0.1) is 11.3 Å². The van der Waals surface area contributed by atoms with Crippen LogP contribution in [0.4, 0.5) is 5.82 Å². The smallest absolute Gasteiger partial charge is 0.261 e. The topological polar surface area (TPSA) is 87.2 Å². The Hall–Kier alpha value is -3.00. The minimum Gasteiger partial charge on any atom is -0.363 e. The summed E-state index contributed by atoms with van der Waals surface area (Å²) in [7, 11) is 0. The largest absolute Gasteiger partial charge is 0.363 e. The molecule has 2 aliphatic rings. The van der Waals surface area contributed by atoms with Crippen molar-refractivity contribution in [3.05, 3.63) is 52.2 Å². The lowest BCUT2D eigenvalue weighted by atomic mass is 9.87. The van der Waals surface area contributed by atoms with E-state index in [1.807, 2.05) is 11.8 Å². The molecule has 0 radical (unpaired) electrons. The molecule has 1 aliphatic heterocycles. The van der Waals surface area contributed by atoms with Gasteiger partial charge in [0.05, 0.1) is 16.3 Å². The van der Waals surface area contributed by atoms with Crippen molar-refractivity contribution >= 4 is 39.2 Å². The molecule has 0 bridgehead atoms. The van der Waals surface area contributed by atoms with Crippen LogP contribution in [0.5, 0.6) is 0 Å². The molecular formula is C25H29N5O2S. The van der Waals surface area contributed by atoms with Gasteiger partial charge in [0.25, 0.3) is 5.91 Å². The highest BCUT2D eigenvalue weighted by Gasteiger charge is 2.24. The molecule has 3 aromatic rings. The van der Waals surface area contributed by atoms with Gasteiger partial charge in [0.2, 0.25) is 5.91 Å². The number of thiophene rings is 1. The number of benzene rings is 1. The fraction of sp³-hybridized carbons (Fsp3) is 0.440. The molecule has 1 fully saturated rings. The van der Waals surface area contributed by atoms with Gasteiger partial charge in [0.15, 0.2) is 0 Å². The fourth-order valence-electron chi connectivity index (χ4n) is 4.96. The van der Waals surface area contributed by atoms with Crippen molar-refractivity contribution in [2.75, 3.05) is 25.0 Å². The highest BCUT2D eigenvalue weighted by atomic mass is 32.1. The molecule has 1 saturated heterocycles. The van der Waals surface area contributed by atoms with E-state index >= 15 is 0 Å². The van der Waals surface area contributed by atoms with E-state index in [1.54, 1.807) is 6.33 Å². The zero-order valence-corrected chi connectivity index (χ0v) is 19.7. The van der Waals surface area contributed by atoms with E-state index in [1.165, 1.54) is 22.5 Å². The lowest BCUT2D eigenvalue weighted by Gasteiger charge is -2.27. The molecule has 8 heteroatoms. The number of aromatic nitrogens is 2. The lowest BCUT2D eigenvalue weighted by Crippen LogP contribution is -2.30. The number of rotatable bonds is 7. The number of carbonyl (C=O) groups excluding carboxylic acids is 2. The maximum Gasteiger partial charge on any atom is 0.261 e. The van der Waals surface area contributed by atoms with E-state index < -0.39 is 0 Å². The van der Waals surface area contributed by atoms with Gasteiger partial charge in [-0.25, -0.2) is 9.97 Å². The maximum absolute atomic E-state index is 12.9. The molecule has 3 heterocycles. The zero-order valence-electron chi connectivity index (χ0n) is 18.9. The molecule has 2 amide bonds. The van der Waals surface area contributed by atoms with E-state index in [-0.39, 0.29) is 17.9 Å². The lowest BCUT2D eigenvalue weighted by molar-refractivity contribution is -0.127.